The van der Waals surface area contributed by atoms with Crippen molar-refractivity contribution in [2.24, 2.45) is 0 Å². The predicted molar refractivity (Wildman–Crippen MR) is 124 cm³/mol. The molecular formula is C25H22N4O4. The number of nitrogens with zero attached hydrogens (tertiary/aromatic N) is 3. The molecule has 2 amide bonds. The molecule has 0 spiro atoms. The Labute approximate surface area is 189 Å². The lowest BCUT2D eigenvalue weighted by Crippen LogP contribution is -2.27. The van der Waals surface area contributed by atoms with Crippen molar-refractivity contribution in [2.45, 2.75) is 26.4 Å². The molecule has 0 aliphatic carbocycles. The summed E-state index contributed by atoms with van der Waals surface area (Å²) in [5.74, 6) is -0.839. The number of hydrogen-bond donors (Lipinski definition) is 1. The van der Waals surface area contributed by atoms with Crippen molar-refractivity contribution in [2.75, 3.05) is 7.05 Å². The van der Waals surface area contributed by atoms with Crippen molar-refractivity contribution in [1.82, 2.24) is 19.4 Å². The molecule has 4 aromatic rings. The fourth-order valence-corrected chi connectivity index (χ4v) is 4.15. The number of H-pyrrole nitrogens is 1. The number of carbonyl (C=O) groups excluding carboxylic acids is 3. The zero-order valence-electron chi connectivity index (χ0n) is 18.7. The molecule has 166 valence electrons. The van der Waals surface area contributed by atoms with Gasteiger partial charge >= 0.3 is 6.09 Å². The molecule has 0 saturated heterocycles. The number of rotatable bonds is 2. The van der Waals surface area contributed by atoms with E-state index in [4.69, 9.17) is 4.74 Å². The number of hydrogen-bond acceptors (Lipinski definition) is 5. The van der Waals surface area contributed by atoms with Gasteiger partial charge in [0.1, 0.15) is 11.2 Å². The number of likely N-dealkylation sites (N-methyl/N-ethyl adjacent to an activating group) is 1. The van der Waals surface area contributed by atoms with Gasteiger partial charge in [-0.3, -0.25) is 19.1 Å². The Bertz CT molecular complexity index is 1500. The largest absolute Gasteiger partial charge is 0.443 e. The first-order valence-electron chi connectivity index (χ1n) is 10.5. The maximum absolute atomic E-state index is 13.3. The minimum Gasteiger partial charge on any atom is -0.443 e. The number of nitrogens with one attached hydrogen (secondary N) is 1. The first kappa shape index (κ1) is 20.7. The average Bonchev–Trinajstić information content (AvgIpc) is 3.42. The molecule has 0 bridgehead atoms. The summed E-state index contributed by atoms with van der Waals surface area (Å²) in [6, 6.07) is 10.9. The summed E-state index contributed by atoms with van der Waals surface area (Å²) >= 11 is 0. The van der Waals surface area contributed by atoms with Crippen LogP contribution in [0.25, 0.3) is 33.1 Å². The summed E-state index contributed by atoms with van der Waals surface area (Å²) in [7, 11) is 1.46. The van der Waals surface area contributed by atoms with Crippen LogP contribution in [0, 0.1) is 0 Å². The summed E-state index contributed by atoms with van der Waals surface area (Å²) in [6.45, 7) is 5.37. The van der Waals surface area contributed by atoms with E-state index in [1.807, 2.05) is 18.2 Å². The van der Waals surface area contributed by atoms with Crippen molar-refractivity contribution in [1.29, 1.82) is 0 Å². The summed E-state index contributed by atoms with van der Waals surface area (Å²) in [4.78, 5) is 47.9. The Morgan fingerprint density at radius 2 is 1.64 bits per heavy atom. The molecule has 1 aromatic carbocycles. The van der Waals surface area contributed by atoms with Crippen LogP contribution in [0.5, 0.6) is 0 Å². The van der Waals surface area contributed by atoms with Gasteiger partial charge in [-0.25, -0.2) is 9.78 Å². The minimum atomic E-state index is -0.691. The van der Waals surface area contributed by atoms with Gasteiger partial charge in [-0.1, -0.05) is 18.2 Å². The van der Waals surface area contributed by atoms with Crippen molar-refractivity contribution in [3.8, 4) is 0 Å². The molecule has 0 unspecified atom stereocenters. The minimum absolute atomic E-state index is 0.241. The van der Waals surface area contributed by atoms with Crippen molar-refractivity contribution >= 4 is 51.0 Å². The highest BCUT2D eigenvalue weighted by molar-refractivity contribution is 6.50. The van der Waals surface area contributed by atoms with Gasteiger partial charge in [0.2, 0.25) is 0 Å². The molecular weight excluding hydrogens is 420 g/mol. The quantitative estimate of drug-likeness (QED) is 0.469. The zero-order chi connectivity index (χ0) is 23.5. The maximum atomic E-state index is 13.3. The fraction of sp³-hybridized carbons (Fsp3) is 0.200. The van der Waals surface area contributed by atoms with Crippen LogP contribution < -0.4 is 0 Å². The number of imide groups is 1. The SMILES string of the molecule is CN1C(=O)C(c2c[nH]c3ncccc23)=C(c2cn(C(=O)OC(C)(C)C)c3ccccc23)C1=O. The molecule has 8 nitrogen and oxygen atoms in total. The summed E-state index contributed by atoms with van der Waals surface area (Å²) in [6.07, 6.45) is 4.35. The van der Waals surface area contributed by atoms with Crippen LogP contribution in [0.3, 0.4) is 0 Å². The van der Waals surface area contributed by atoms with Gasteiger partial charge in [-0.15, -0.1) is 0 Å². The van der Waals surface area contributed by atoms with Gasteiger partial charge in [0.15, 0.2) is 0 Å². The van der Waals surface area contributed by atoms with Gasteiger partial charge in [-0.2, -0.15) is 0 Å². The Morgan fingerprint density at radius 3 is 2.36 bits per heavy atom. The van der Waals surface area contributed by atoms with E-state index >= 15 is 0 Å². The highest BCUT2D eigenvalue weighted by Crippen LogP contribution is 2.40. The van der Waals surface area contributed by atoms with Gasteiger partial charge in [0, 0.05) is 47.5 Å². The summed E-state index contributed by atoms with van der Waals surface area (Å²) in [5.41, 5.74) is 2.11. The number of ether oxygens (including phenoxy) is 1. The molecule has 0 radical (unpaired) electrons. The number of fused-ring (bicyclic) bond motifs is 2. The lowest BCUT2D eigenvalue weighted by molar-refractivity contribution is -0.134. The molecule has 1 aliphatic heterocycles. The Balaban J connectivity index is 1.79. The number of aromatic amines is 1. The molecule has 4 heterocycles. The molecule has 0 atom stereocenters. The summed E-state index contributed by atoms with van der Waals surface area (Å²) < 4.78 is 6.95. The second-order valence-electron chi connectivity index (χ2n) is 8.93. The highest BCUT2D eigenvalue weighted by Gasteiger charge is 2.39. The molecule has 5 rings (SSSR count). The number of pyridine rings is 1. The monoisotopic (exact) mass is 442 g/mol. The normalized spacial score (nSPS) is 14.7. The van der Waals surface area contributed by atoms with Crippen molar-refractivity contribution in [3.63, 3.8) is 0 Å². The lowest BCUT2D eigenvalue weighted by atomic mass is 9.96. The third-order valence-electron chi connectivity index (χ3n) is 5.58. The van der Waals surface area contributed by atoms with E-state index < -0.39 is 23.5 Å². The van der Waals surface area contributed by atoms with Crippen LogP contribution in [0.4, 0.5) is 4.79 Å². The molecule has 0 fully saturated rings. The van der Waals surface area contributed by atoms with Crippen LogP contribution >= 0.6 is 0 Å². The molecule has 1 aliphatic rings. The third-order valence-corrected chi connectivity index (χ3v) is 5.58. The van der Waals surface area contributed by atoms with E-state index in [2.05, 4.69) is 9.97 Å². The Kier molecular flexibility index (Phi) is 4.49. The van der Waals surface area contributed by atoms with E-state index in [0.717, 1.165) is 10.3 Å². The number of para-hydroxylation sites is 1. The fourth-order valence-electron chi connectivity index (χ4n) is 4.15. The maximum Gasteiger partial charge on any atom is 0.419 e. The Hall–Kier alpha value is -4.20. The lowest BCUT2D eigenvalue weighted by Gasteiger charge is -2.19. The molecule has 3 aromatic heterocycles. The summed E-state index contributed by atoms with van der Waals surface area (Å²) in [5, 5.41) is 1.41. The second-order valence-corrected chi connectivity index (χ2v) is 8.93. The highest BCUT2D eigenvalue weighted by atomic mass is 16.6. The van der Waals surface area contributed by atoms with E-state index in [0.29, 0.717) is 27.7 Å². The van der Waals surface area contributed by atoms with Crippen LogP contribution in [-0.2, 0) is 14.3 Å². The number of aromatic nitrogens is 3. The zero-order valence-corrected chi connectivity index (χ0v) is 18.7. The molecule has 8 heteroatoms. The topological polar surface area (TPSA) is 97.3 Å². The van der Waals surface area contributed by atoms with Crippen molar-refractivity contribution in [3.05, 3.63) is 66.1 Å². The first-order chi connectivity index (χ1) is 15.7. The predicted octanol–water partition coefficient (Wildman–Crippen LogP) is 4.21. The van der Waals surface area contributed by atoms with Gasteiger partial charge in [0.05, 0.1) is 16.7 Å². The van der Waals surface area contributed by atoms with E-state index in [1.54, 1.807) is 57.6 Å². The second kappa shape index (κ2) is 7.16. The van der Waals surface area contributed by atoms with Gasteiger partial charge < -0.3 is 9.72 Å². The van der Waals surface area contributed by atoms with Gasteiger partial charge in [0.25, 0.3) is 11.8 Å². The third kappa shape index (κ3) is 3.22. The van der Waals surface area contributed by atoms with E-state index in [9.17, 15) is 14.4 Å². The smallest absolute Gasteiger partial charge is 0.419 e. The van der Waals surface area contributed by atoms with E-state index in [1.165, 1.54) is 11.6 Å². The van der Waals surface area contributed by atoms with Crippen LogP contribution in [-0.4, -0.2) is 50.0 Å². The van der Waals surface area contributed by atoms with Crippen LogP contribution in [0.1, 0.15) is 31.9 Å². The standard InChI is InChI=1S/C25H22N4O4/c1-25(2,3)33-24(32)29-13-17(14-8-5-6-10-18(14)29)20-19(22(30)28(4)23(20)31)16-12-27-21-15(16)9-7-11-26-21/h5-13H,1-4H3,(H,26,27). The van der Waals surface area contributed by atoms with Gasteiger partial charge in [-0.05, 0) is 39.0 Å². The molecule has 0 saturated carbocycles. The molecule has 33 heavy (non-hydrogen) atoms. The number of amides is 2. The van der Waals surface area contributed by atoms with Crippen molar-refractivity contribution < 1.29 is 19.1 Å². The van der Waals surface area contributed by atoms with E-state index in [-0.39, 0.29) is 11.1 Å². The molecule has 1 N–H and O–H groups in total. The number of benzene rings is 1. The number of carbonyl (C=O) groups is 3. The first-order valence-corrected chi connectivity index (χ1v) is 10.5. The Morgan fingerprint density at radius 1 is 0.970 bits per heavy atom. The van der Waals surface area contributed by atoms with Crippen LogP contribution in [0.15, 0.2) is 55.0 Å². The average molecular weight is 442 g/mol. The van der Waals surface area contributed by atoms with Crippen LogP contribution in [0.2, 0.25) is 0 Å².